The SMILES string of the molecule is CCNC(=O)c1cnc(Nc2ccc3c(c2)CCNC3(C)C)nc1Nc1cc(C2(C#N)CC2)cs1. The highest BCUT2D eigenvalue weighted by atomic mass is 32.1. The molecule has 2 aliphatic rings. The van der Waals surface area contributed by atoms with Crippen LogP contribution < -0.4 is 21.3 Å². The molecule has 2 aromatic heterocycles. The summed E-state index contributed by atoms with van der Waals surface area (Å²) in [6.07, 6.45) is 4.28. The second kappa shape index (κ2) is 8.95. The Hall–Kier alpha value is -3.48. The molecule has 8 nitrogen and oxygen atoms in total. The van der Waals surface area contributed by atoms with Gasteiger partial charge in [0.1, 0.15) is 11.4 Å². The van der Waals surface area contributed by atoms with Crippen LogP contribution in [0.3, 0.4) is 0 Å². The van der Waals surface area contributed by atoms with Crippen molar-refractivity contribution in [3.8, 4) is 6.07 Å². The van der Waals surface area contributed by atoms with E-state index in [9.17, 15) is 10.1 Å². The number of carbonyl (C=O) groups is 1. The fourth-order valence-corrected chi connectivity index (χ4v) is 5.44. The minimum Gasteiger partial charge on any atom is -0.352 e. The summed E-state index contributed by atoms with van der Waals surface area (Å²) < 4.78 is 0. The molecule has 1 fully saturated rings. The van der Waals surface area contributed by atoms with Gasteiger partial charge in [0.25, 0.3) is 5.91 Å². The van der Waals surface area contributed by atoms with Gasteiger partial charge in [0.05, 0.1) is 16.5 Å². The first-order valence-corrected chi connectivity index (χ1v) is 12.8. The molecule has 0 unspecified atom stereocenters. The number of amides is 1. The lowest BCUT2D eigenvalue weighted by atomic mass is 9.85. The van der Waals surface area contributed by atoms with Crippen LogP contribution in [-0.4, -0.2) is 29.0 Å². The topological polar surface area (TPSA) is 115 Å². The quantitative estimate of drug-likeness (QED) is 0.381. The summed E-state index contributed by atoms with van der Waals surface area (Å²) in [7, 11) is 0. The normalized spacial score (nSPS) is 17.1. The number of hydrogen-bond acceptors (Lipinski definition) is 8. The van der Waals surface area contributed by atoms with Gasteiger partial charge in [-0.2, -0.15) is 10.2 Å². The lowest BCUT2D eigenvalue weighted by Crippen LogP contribution is -2.42. The van der Waals surface area contributed by atoms with E-state index in [1.165, 1.54) is 22.5 Å². The first-order valence-electron chi connectivity index (χ1n) is 11.9. The molecule has 3 aromatic rings. The Kier molecular flexibility index (Phi) is 5.95. The van der Waals surface area contributed by atoms with Gasteiger partial charge in [-0.25, -0.2) is 4.98 Å². The number of nitrogens with zero attached hydrogens (tertiary/aromatic N) is 3. The monoisotopic (exact) mass is 487 g/mol. The van der Waals surface area contributed by atoms with Crippen molar-refractivity contribution in [1.29, 1.82) is 5.26 Å². The maximum Gasteiger partial charge on any atom is 0.256 e. The summed E-state index contributed by atoms with van der Waals surface area (Å²) in [5.74, 6) is 0.589. The van der Waals surface area contributed by atoms with Crippen LogP contribution in [0.1, 0.15) is 60.7 Å². The van der Waals surface area contributed by atoms with Crippen LogP contribution in [0.4, 0.5) is 22.5 Å². The first kappa shape index (κ1) is 23.3. The van der Waals surface area contributed by atoms with Gasteiger partial charge in [0, 0.05) is 24.0 Å². The molecular weight excluding hydrogens is 458 g/mol. The maximum absolute atomic E-state index is 12.7. The van der Waals surface area contributed by atoms with Gasteiger partial charge in [-0.15, -0.1) is 11.3 Å². The van der Waals surface area contributed by atoms with Crippen molar-refractivity contribution in [2.45, 2.75) is 51.0 Å². The number of aromatic nitrogens is 2. The van der Waals surface area contributed by atoms with E-state index in [1.807, 2.05) is 24.4 Å². The van der Waals surface area contributed by atoms with E-state index in [0.29, 0.717) is 23.9 Å². The van der Waals surface area contributed by atoms with Crippen molar-refractivity contribution in [2.24, 2.45) is 0 Å². The van der Waals surface area contributed by atoms with Crippen LogP contribution in [0.5, 0.6) is 0 Å². The molecule has 1 aliphatic carbocycles. The third-order valence-corrected chi connectivity index (χ3v) is 7.57. The molecule has 0 bridgehead atoms. The molecule has 0 saturated heterocycles. The van der Waals surface area contributed by atoms with Crippen molar-refractivity contribution in [3.63, 3.8) is 0 Å². The molecule has 1 aromatic carbocycles. The summed E-state index contributed by atoms with van der Waals surface area (Å²) >= 11 is 1.50. The van der Waals surface area contributed by atoms with Gasteiger partial charge >= 0.3 is 0 Å². The Morgan fingerprint density at radius 3 is 2.83 bits per heavy atom. The van der Waals surface area contributed by atoms with E-state index in [-0.39, 0.29) is 16.9 Å². The number of rotatable bonds is 7. The lowest BCUT2D eigenvalue weighted by molar-refractivity contribution is 0.0956. The fraction of sp³-hybridized carbons (Fsp3) is 0.385. The molecule has 1 amide bonds. The van der Waals surface area contributed by atoms with Gasteiger partial charge in [-0.1, -0.05) is 6.07 Å². The zero-order valence-electron chi connectivity index (χ0n) is 20.2. The number of fused-ring (bicyclic) bond motifs is 1. The number of nitrogens with one attached hydrogen (secondary N) is 4. The number of nitriles is 1. The largest absolute Gasteiger partial charge is 0.352 e. The van der Waals surface area contributed by atoms with Gasteiger partial charge in [0.2, 0.25) is 5.95 Å². The molecule has 1 saturated carbocycles. The Bertz CT molecular complexity index is 1320. The fourth-order valence-electron chi connectivity index (χ4n) is 4.54. The van der Waals surface area contributed by atoms with Crippen LogP contribution in [0, 0.1) is 11.3 Å². The number of thiophene rings is 1. The molecule has 4 N–H and O–H groups in total. The zero-order chi connectivity index (χ0) is 24.6. The van der Waals surface area contributed by atoms with Gasteiger partial charge < -0.3 is 21.3 Å². The summed E-state index contributed by atoms with van der Waals surface area (Å²) in [5.41, 5.74) is 4.47. The summed E-state index contributed by atoms with van der Waals surface area (Å²) in [5, 5.41) is 25.3. The van der Waals surface area contributed by atoms with Crippen LogP contribution in [0.2, 0.25) is 0 Å². The number of benzene rings is 1. The standard InChI is InChI=1S/C26H29N7OS/c1-4-28-23(34)19-13-29-24(31-18-5-6-20-16(11-18)7-10-30-25(20,2)3)33-22(19)32-21-12-17(14-35-21)26(15-27)8-9-26/h5-6,11-14,30H,4,7-10H2,1-3H3,(H,28,34)(H2,29,31,32,33). The summed E-state index contributed by atoms with van der Waals surface area (Å²) in [6.45, 7) is 7.70. The number of hydrogen-bond donors (Lipinski definition) is 4. The van der Waals surface area contributed by atoms with E-state index in [0.717, 1.165) is 42.1 Å². The minimum atomic E-state index is -0.353. The smallest absolute Gasteiger partial charge is 0.256 e. The van der Waals surface area contributed by atoms with Crippen LogP contribution >= 0.6 is 11.3 Å². The average Bonchev–Trinajstić information content (AvgIpc) is 3.50. The molecule has 5 rings (SSSR count). The molecule has 1 aliphatic heterocycles. The zero-order valence-corrected chi connectivity index (χ0v) is 21.0. The third-order valence-electron chi connectivity index (χ3n) is 6.72. The second-order valence-corrected chi connectivity index (χ2v) is 10.5. The lowest BCUT2D eigenvalue weighted by Gasteiger charge is -2.34. The van der Waals surface area contributed by atoms with Gasteiger partial charge in [-0.05, 0) is 86.8 Å². The second-order valence-electron chi connectivity index (χ2n) is 9.63. The Morgan fingerprint density at radius 2 is 2.09 bits per heavy atom. The third kappa shape index (κ3) is 4.59. The summed E-state index contributed by atoms with van der Waals surface area (Å²) in [4.78, 5) is 21.7. The predicted molar refractivity (Wildman–Crippen MR) is 139 cm³/mol. The van der Waals surface area contributed by atoms with Gasteiger partial charge in [-0.3, -0.25) is 4.79 Å². The number of anilines is 4. The predicted octanol–water partition coefficient (Wildman–Crippen LogP) is 4.71. The summed E-state index contributed by atoms with van der Waals surface area (Å²) in [6, 6.07) is 10.7. The molecule has 9 heteroatoms. The van der Waals surface area contributed by atoms with E-state index in [2.05, 4.69) is 63.3 Å². The van der Waals surface area contributed by atoms with Crippen molar-refractivity contribution >= 4 is 39.7 Å². The minimum absolute atomic E-state index is 0.0574. The van der Waals surface area contributed by atoms with Crippen LogP contribution in [-0.2, 0) is 17.4 Å². The molecule has 180 valence electrons. The first-order chi connectivity index (χ1) is 16.8. The molecular formula is C26H29N7OS. The maximum atomic E-state index is 12.7. The Balaban J connectivity index is 1.42. The molecule has 0 spiro atoms. The van der Waals surface area contributed by atoms with Crippen molar-refractivity contribution in [1.82, 2.24) is 20.6 Å². The van der Waals surface area contributed by atoms with E-state index >= 15 is 0 Å². The van der Waals surface area contributed by atoms with Crippen molar-refractivity contribution in [3.05, 3.63) is 58.1 Å². The van der Waals surface area contributed by atoms with Crippen LogP contribution in [0.25, 0.3) is 0 Å². The van der Waals surface area contributed by atoms with E-state index in [1.54, 1.807) is 6.20 Å². The Labute approximate surface area is 209 Å². The molecule has 3 heterocycles. The van der Waals surface area contributed by atoms with E-state index in [4.69, 9.17) is 0 Å². The van der Waals surface area contributed by atoms with Crippen LogP contribution in [0.15, 0.2) is 35.8 Å². The highest BCUT2D eigenvalue weighted by molar-refractivity contribution is 7.14. The van der Waals surface area contributed by atoms with Crippen molar-refractivity contribution < 1.29 is 4.79 Å². The molecule has 0 atom stereocenters. The Morgan fingerprint density at radius 1 is 1.26 bits per heavy atom. The number of carbonyl (C=O) groups excluding carboxylic acids is 1. The van der Waals surface area contributed by atoms with E-state index < -0.39 is 0 Å². The highest BCUT2D eigenvalue weighted by Crippen LogP contribution is 2.49. The van der Waals surface area contributed by atoms with Crippen molar-refractivity contribution in [2.75, 3.05) is 23.7 Å². The van der Waals surface area contributed by atoms with Gasteiger partial charge in [0.15, 0.2) is 0 Å². The average molecular weight is 488 g/mol. The highest BCUT2D eigenvalue weighted by Gasteiger charge is 2.45. The molecule has 35 heavy (non-hydrogen) atoms. The molecule has 0 radical (unpaired) electrons.